The summed E-state index contributed by atoms with van der Waals surface area (Å²) in [5, 5.41) is 52.3. The normalized spacial score (nSPS) is 24.7. The van der Waals surface area contributed by atoms with Gasteiger partial charge in [0.25, 0.3) is 11.6 Å². The summed E-state index contributed by atoms with van der Waals surface area (Å²) < 4.78 is 10.5. The largest absolute Gasteiger partial charge is 0.479 e. The van der Waals surface area contributed by atoms with Crippen molar-refractivity contribution >= 4 is 46.5 Å². The van der Waals surface area contributed by atoms with Gasteiger partial charge in [-0.15, -0.1) is 0 Å². The number of aliphatic hydroxyl groups excluding tert-OH is 3. The number of carboxylic acids is 1. The number of hydrogen-bond donors (Lipinski definition) is 5. The Morgan fingerprint density at radius 3 is 2.36 bits per heavy atom. The first-order valence-corrected chi connectivity index (χ1v) is 9.89. The molecule has 0 radical (unpaired) electrons. The Kier molecular flexibility index (Phi) is 7.37. The summed E-state index contributed by atoms with van der Waals surface area (Å²) in [5.74, 6) is -2.64. The monoisotopic (exact) mass is 502 g/mol. The lowest BCUT2D eigenvalue weighted by molar-refractivity contribution is -0.384. The van der Waals surface area contributed by atoms with Crippen LogP contribution in [0, 0.1) is 10.1 Å². The van der Waals surface area contributed by atoms with Gasteiger partial charge in [-0.25, -0.2) is 4.79 Å². The van der Waals surface area contributed by atoms with Crippen molar-refractivity contribution in [3.05, 3.63) is 62.1 Å². The summed E-state index contributed by atoms with van der Waals surface area (Å²) >= 11 is 12.0. The quantitative estimate of drug-likeness (QED) is 0.285. The number of carboxylic acid groups (broad SMARTS) is 1. The van der Waals surface area contributed by atoms with Crippen LogP contribution in [0.15, 0.2) is 36.4 Å². The van der Waals surface area contributed by atoms with Crippen molar-refractivity contribution in [2.24, 2.45) is 0 Å². The predicted octanol–water partition coefficient (Wildman–Crippen LogP) is 1.42. The molecule has 176 valence electrons. The van der Waals surface area contributed by atoms with E-state index in [2.05, 4.69) is 5.32 Å². The van der Waals surface area contributed by atoms with E-state index in [-0.39, 0.29) is 32.7 Å². The Labute approximate surface area is 195 Å². The molecule has 0 saturated carbocycles. The molecule has 1 fully saturated rings. The maximum atomic E-state index is 12.8. The molecule has 3 rings (SSSR count). The molecule has 1 heterocycles. The molecular formula is C19H16Cl2N2O10. The number of carbonyl (C=O) groups is 2. The second kappa shape index (κ2) is 9.87. The minimum atomic E-state index is -1.92. The molecule has 2 aromatic carbocycles. The third-order valence-electron chi connectivity index (χ3n) is 4.65. The van der Waals surface area contributed by atoms with Gasteiger partial charge in [-0.2, -0.15) is 0 Å². The van der Waals surface area contributed by atoms with Gasteiger partial charge < -0.3 is 35.2 Å². The van der Waals surface area contributed by atoms with Gasteiger partial charge in [0, 0.05) is 17.2 Å². The first-order valence-electron chi connectivity index (χ1n) is 9.13. The average molecular weight is 503 g/mol. The van der Waals surface area contributed by atoms with Crippen LogP contribution < -0.4 is 10.1 Å². The molecule has 0 bridgehead atoms. The first kappa shape index (κ1) is 24.6. The van der Waals surface area contributed by atoms with E-state index in [1.165, 1.54) is 24.3 Å². The van der Waals surface area contributed by atoms with Crippen LogP contribution in [0.5, 0.6) is 5.75 Å². The molecule has 0 spiro atoms. The van der Waals surface area contributed by atoms with E-state index < -0.39 is 47.5 Å². The number of nitrogens with zero attached hydrogens (tertiary/aromatic N) is 1. The number of nitro groups is 1. The maximum Gasteiger partial charge on any atom is 0.335 e. The second-order valence-electron chi connectivity index (χ2n) is 6.87. The highest BCUT2D eigenvalue weighted by Gasteiger charge is 2.48. The zero-order valence-corrected chi connectivity index (χ0v) is 17.8. The predicted molar refractivity (Wildman–Crippen MR) is 112 cm³/mol. The van der Waals surface area contributed by atoms with E-state index in [1.807, 2.05) is 0 Å². The Morgan fingerprint density at radius 2 is 1.76 bits per heavy atom. The highest BCUT2D eigenvalue weighted by Crippen LogP contribution is 2.31. The van der Waals surface area contributed by atoms with Gasteiger partial charge in [0.1, 0.15) is 24.1 Å². The van der Waals surface area contributed by atoms with Gasteiger partial charge in [0.2, 0.25) is 6.29 Å². The van der Waals surface area contributed by atoms with Gasteiger partial charge in [0.05, 0.1) is 21.2 Å². The van der Waals surface area contributed by atoms with Crippen molar-refractivity contribution in [2.75, 3.05) is 5.32 Å². The SMILES string of the molecule is O=C(Nc1ccc([N+](=O)[O-])cc1Cl)c1cc(Cl)ccc1OC1OC(C(=O)O)C(O)C(O)C1O. The third-order valence-corrected chi connectivity index (χ3v) is 5.20. The van der Waals surface area contributed by atoms with Crippen molar-refractivity contribution in [3.8, 4) is 5.75 Å². The molecule has 1 amide bonds. The lowest BCUT2D eigenvalue weighted by atomic mass is 9.99. The molecule has 0 aliphatic carbocycles. The zero-order valence-electron chi connectivity index (χ0n) is 16.3. The minimum Gasteiger partial charge on any atom is -0.479 e. The van der Waals surface area contributed by atoms with Crippen molar-refractivity contribution in [2.45, 2.75) is 30.7 Å². The van der Waals surface area contributed by atoms with Crippen molar-refractivity contribution in [1.29, 1.82) is 0 Å². The molecular weight excluding hydrogens is 487 g/mol. The number of benzene rings is 2. The molecule has 5 N–H and O–H groups in total. The summed E-state index contributed by atoms with van der Waals surface area (Å²) in [6.45, 7) is 0. The number of rotatable bonds is 6. The summed E-state index contributed by atoms with van der Waals surface area (Å²) in [7, 11) is 0. The van der Waals surface area contributed by atoms with E-state index in [1.54, 1.807) is 0 Å². The van der Waals surface area contributed by atoms with E-state index in [4.69, 9.17) is 37.8 Å². The van der Waals surface area contributed by atoms with Gasteiger partial charge in [-0.1, -0.05) is 23.2 Å². The van der Waals surface area contributed by atoms with Crippen LogP contribution in [-0.4, -0.2) is 67.9 Å². The molecule has 1 aliphatic rings. The lowest BCUT2D eigenvalue weighted by Crippen LogP contribution is -2.61. The number of halogens is 2. The second-order valence-corrected chi connectivity index (χ2v) is 7.71. The lowest BCUT2D eigenvalue weighted by Gasteiger charge is -2.38. The number of anilines is 1. The molecule has 5 atom stereocenters. The van der Waals surface area contributed by atoms with Crippen LogP contribution in [-0.2, 0) is 9.53 Å². The summed E-state index contributed by atoms with van der Waals surface area (Å²) in [4.78, 5) is 34.3. The third kappa shape index (κ3) is 5.33. The number of nitro benzene ring substituents is 1. The Morgan fingerprint density at radius 1 is 1.06 bits per heavy atom. The van der Waals surface area contributed by atoms with Gasteiger partial charge in [-0.3, -0.25) is 14.9 Å². The molecule has 33 heavy (non-hydrogen) atoms. The topological polar surface area (TPSA) is 189 Å². The number of amides is 1. The summed E-state index contributed by atoms with van der Waals surface area (Å²) in [6, 6.07) is 7.15. The standard InChI is InChI=1S/C19H16Cl2N2O10/c20-7-1-4-12(32-19-15(26)13(24)14(25)16(33-19)18(28)29)9(5-7)17(27)22-11-3-2-8(23(30)31)6-10(11)21/h1-6,13-16,19,24-26H,(H,22,27)(H,28,29). The molecule has 12 nitrogen and oxygen atoms in total. The van der Waals surface area contributed by atoms with Crippen LogP contribution in [0.2, 0.25) is 10.0 Å². The van der Waals surface area contributed by atoms with Crippen LogP contribution in [0.4, 0.5) is 11.4 Å². The molecule has 14 heteroatoms. The fourth-order valence-electron chi connectivity index (χ4n) is 2.97. The Balaban J connectivity index is 1.87. The molecule has 0 aromatic heterocycles. The molecule has 1 saturated heterocycles. The highest BCUT2D eigenvalue weighted by molar-refractivity contribution is 6.34. The van der Waals surface area contributed by atoms with Crippen molar-refractivity contribution in [1.82, 2.24) is 0 Å². The number of nitrogens with one attached hydrogen (secondary N) is 1. The van der Waals surface area contributed by atoms with Crippen LogP contribution in [0.3, 0.4) is 0 Å². The van der Waals surface area contributed by atoms with Crippen LogP contribution in [0.25, 0.3) is 0 Å². The van der Waals surface area contributed by atoms with E-state index in [0.29, 0.717) is 0 Å². The number of carbonyl (C=O) groups excluding carboxylic acids is 1. The fourth-order valence-corrected chi connectivity index (χ4v) is 3.36. The van der Waals surface area contributed by atoms with Gasteiger partial charge in [0.15, 0.2) is 6.10 Å². The number of ether oxygens (including phenoxy) is 2. The highest BCUT2D eigenvalue weighted by atomic mass is 35.5. The molecule has 2 aromatic rings. The summed E-state index contributed by atoms with van der Waals surface area (Å²) in [5.41, 5.74) is -0.446. The maximum absolute atomic E-state index is 12.8. The number of hydrogen-bond acceptors (Lipinski definition) is 9. The Bertz CT molecular complexity index is 1100. The number of aliphatic hydroxyl groups is 3. The minimum absolute atomic E-state index is 0.0385. The van der Waals surface area contributed by atoms with E-state index in [9.17, 15) is 35.0 Å². The molecule has 5 unspecified atom stereocenters. The van der Waals surface area contributed by atoms with Crippen LogP contribution in [0.1, 0.15) is 10.4 Å². The number of non-ortho nitro benzene ring substituents is 1. The zero-order chi connectivity index (χ0) is 24.4. The average Bonchev–Trinajstić information content (AvgIpc) is 2.76. The van der Waals surface area contributed by atoms with Crippen LogP contribution >= 0.6 is 23.2 Å². The van der Waals surface area contributed by atoms with Gasteiger partial charge in [-0.05, 0) is 24.3 Å². The van der Waals surface area contributed by atoms with Crippen molar-refractivity contribution in [3.63, 3.8) is 0 Å². The van der Waals surface area contributed by atoms with E-state index in [0.717, 1.165) is 12.1 Å². The Hall–Kier alpha value is -3.00. The fraction of sp³-hybridized carbons (Fsp3) is 0.263. The van der Waals surface area contributed by atoms with Crippen molar-refractivity contribution < 1.29 is 44.4 Å². The number of aliphatic carboxylic acids is 1. The summed E-state index contributed by atoms with van der Waals surface area (Å²) in [6.07, 6.45) is -9.36. The van der Waals surface area contributed by atoms with E-state index >= 15 is 0 Å². The molecule has 1 aliphatic heterocycles. The first-order chi connectivity index (χ1) is 15.5. The van der Waals surface area contributed by atoms with Gasteiger partial charge >= 0.3 is 5.97 Å². The smallest absolute Gasteiger partial charge is 0.335 e.